The number of carbonyl (C=O) groups excluding carboxylic acids is 1. The van der Waals surface area contributed by atoms with E-state index in [0.29, 0.717) is 6.04 Å². The zero-order chi connectivity index (χ0) is 10.8. The zero-order valence-electron chi connectivity index (χ0n) is 9.67. The maximum atomic E-state index is 11.6. The summed E-state index contributed by atoms with van der Waals surface area (Å²) in [5.74, 6) is -0.0312. The normalized spacial score (nSPS) is 19.6. The summed E-state index contributed by atoms with van der Waals surface area (Å²) in [6, 6.07) is 0.483. The Kier molecular flexibility index (Phi) is 3.53. The number of hydrogen-bond donors (Lipinski definition) is 0. The van der Waals surface area contributed by atoms with Gasteiger partial charge in [0.15, 0.2) is 0 Å². The largest absolute Gasteiger partial charge is 0.469 e. The highest BCUT2D eigenvalue weighted by atomic mass is 16.5. The number of esters is 1. The zero-order valence-corrected chi connectivity index (χ0v) is 9.67. The molecule has 1 aliphatic carbocycles. The van der Waals surface area contributed by atoms with Crippen molar-refractivity contribution in [3.05, 3.63) is 0 Å². The summed E-state index contributed by atoms with van der Waals surface area (Å²) >= 11 is 0. The molecule has 0 N–H and O–H groups in total. The van der Waals surface area contributed by atoms with Crippen LogP contribution < -0.4 is 0 Å². The van der Waals surface area contributed by atoms with Crippen molar-refractivity contribution in [2.75, 3.05) is 20.7 Å². The van der Waals surface area contributed by atoms with Gasteiger partial charge in [-0.05, 0) is 33.7 Å². The summed E-state index contributed by atoms with van der Waals surface area (Å²) in [5, 5.41) is 0. The predicted molar refractivity (Wildman–Crippen MR) is 56.1 cm³/mol. The van der Waals surface area contributed by atoms with Crippen molar-refractivity contribution in [2.24, 2.45) is 5.41 Å². The average molecular weight is 199 g/mol. The van der Waals surface area contributed by atoms with E-state index in [1.54, 1.807) is 0 Å². The molecule has 82 valence electrons. The first kappa shape index (κ1) is 11.5. The van der Waals surface area contributed by atoms with Gasteiger partial charge in [0, 0.05) is 12.6 Å². The summed E-state index contributed by atoms with van der Waals surface area (Å²) < 4.78 is 4.87. The molecule has 1 saturated carbocycles. The number of hydrogen-bond acceptors (Lipinski definition) is 3. The number of carbonyl (C=O) groups is 1. The highest BCUT2D eigenvalue weighted by molar-refractivity contribution is 5.78. The first-order chi connectivity index (χ1) is 6.52. The molecular formula is C11H21NO2. The Hall–Kier alpha value is -0.570. The molecule has 1 aliphatic rings. The van der Waals surface area contributed by atoms with Gasteiger partial charge in [-0.25, -0.2) is 0 Å². The van der Waals surface area contributed by atoms with Crippen LogP contribution in [0.1, 0.15) is 33.1 Å². The van der Waals surface area contributed by atoms with E-state index in [2.05, 4.69) is 25.8 Å². The van der Waals surface area contributed by atoms with Gasteiger partial charge in [0.2, 0.25) is 0 Å². The molecule has 0 spiro atoms. The molecule has 0 aromatic heterocycles. The van der Waals surface area contributed by atoms with Gasteiger partial charge >= 0.3 is 5.97 Å². The fourth-order valence-corrected chi connectivity index (χ4v) is 1.91. The van der Waals surface area contributed by atoms with E-state index < -0.39 is 0 Å². The van der Waals surface area contributed by atoms with Gasteiger partial charge in [-0.1, -0.05) is 6.42 Å². The van der Waals surface area contributed by atoms with Crippen molar-refractivity contribution in [3.63, 3.8) is 0 Å². The van der Waals surface area contributed by atoms with E-state index in [1.807, 2.05) is 0 Å². The van der Waals surface area contributed by atoms with Crippen molar-refractivity contribution < 1.29 is 9.53 Å². The Balaban J connectivity index is 2.58. The van der Waals surface area contributed by atoms with Crippen LogP contribution in [0.2, 0.25) is 0 Å². The number of methoxy groups -OCH3 is 1. The lowest BCUT2D eigenvalue weighted by Gasteiger charge is -2.42. The van der Waals surface area contributed by atoms with Gasteiger partial charge in [-0.3, -0.25) is 4.79 Å². The first-order valence-electron chi connectivity index (χ1n) is 5.30. The molecule has 0 aromatic rings. The highest BCUT2D eigenvalue weighted by Gasteiger charge is 2.46. The van der Waals surface area contributed by atoms with E-state index in [1.165, 1.54) is 7.11 Å². The van der Waals surface area contributed by atoms with Crippen molar-refractivity contribution in [1.82, 2.24) is 4.90 Å². The van der Waals surface area contributed by atoms with Crippen LogP contribution in [0.3, 0.4) is 0 Å². The number of ether oxygens (including phenoxy) is 1. The van der Waals surface area contributed by atoms with Crippen LogP contribution >= 0.6 is 0 Å². The minimum absolute atomic E-state index is 0.0312. The summed E-state index contributed by atoms with van der Waals surface area (Å²) in [5.41, 5.74) is -0.201. The molecule has 0 atom stereocenters. The summed E-state index contributed by atoms with van der Waals surface area (Å²) in [6.07, 6.45) is 3.12. The Bertz CT molecular complexity index is 209. The minimum Gasteiger partial charge on any atom is -0.469 e. The van der Waals surface area contributed by atoms with Crippen LogP contribution in [0.5, 0.6) is 0 Å². The van der Waals surface area contributed by atoms with Crippen molar-refractivity contribution >= 4 is 5.97 Å². The second-order valence-electron chi connectivity index (χ2n) is 4.63. The topological polar surface area (TPSA) is 29.5 Å². The standard InChI is InChI=1S/C11H21NO2/c1-9(2)12(3)8-11(6-5-7-11)10(13)14-4/h9H,5-8H2,1-4H3. The number of nitrogens with zero attached hydrogens (tertiary/aromatic N) is 1. The quantitative estimate of drug-likeness (QED) is 0.645. The lowest BCUT2D eigenvalue weighted by atomic mass is 9.68. The van der Waals surface area contributed by atoms with Crippen LogP contribution in [-0.4, -0.2) is 37.6 Å². The predicted octanol–water partition coefficient (Wildman–Crippen LogP) is 1.67. The summed E-state index contributed by atoms with van der Waals surface area (Å²) in [4.78, 5) is 13.8. The molecule has 14 heavy (non-hydrogen) atoms. The SMILES string of the molecule is COC(=O)C1(CN(C)C(C)C)CCC1. The molecule has 0 heterocycles. The van der Waals surface area contributed by atoms with Gasteiger partial charge < -0.3 is 9.64 Å². The lowest BCUT2D eigenvalue weighted by Crippen LogP contribution is -2.48. The van der Waals surface area contributed by atoms with Crippen LogP contribution in [0, 0.1) is 5.41 Å². The van der Waals surface area contributed by atoms with Crippen LogP contribution in [-0.2, 0) is 9.53 Å². The van der Waals surface area contributed by atoms with E-state index in [-0.39, 0.29) is 11.4 Å². The van der Waals surface area contributed by atoms with Gasteiger partial charge in [-0.15, -0.1) is 0 Å². The molecular weight excluding hydrogens is 178 g/mol. The molecule has 0 aliphatic heterocycles. The van der Waals surface area contributed by atoms with Gasteiger partial charge in [0.1, 0.15) is 0 Å². The minimum atomic E-state index is -0.201. The Labute approximate surface area is 86.4 Å². The maximum absolute atomic E-state index is 11.6. The fraction of sp³-hybridized carbons (Fsp3) is 0.909. The summed E-state index contributed by atoms with van der Waals surface area (Å²) in [7, 11) is 3.55. The second kappa shape index (κ2) is 4.30. The Morgan fingerprint density at radius 1 is 1.50 bits per heavy atom. The molecule has 0 saturated heterocycles. The van der Waals surface area contributed by atoms with Gasteiger partial charge in [0.05, 0.1) is 12.5 Å². The van der Waals surface area contributed by atoms with Crippen molar-refractivity contribution in [3.8, 4) is 0 Å². The summed E-state index contributed by atoms with van der Waals surface area (Å²) in [6.45, 7) is 5.12. The molecule has 0 bridgehead atoms. The Morgan fingerprint density at radius 3 is 2.36 bits per heavy atom. The molecule has 1 rings (SSSR count). The maximum Gasteiger partial charge on any atom is 0.313 e. The highest BCUT2D eigenvalue weighted by Crippen LogP contribution is 2.42. The fourth-order valence-electron chi connectivity index (χ4n) is 1.91. The molecule has 0 unspecified atom stereocenters. The molecule has 0 aromatic carbocycles. The first-order valence-corrected chi connectivity index (χ1v) is 5.30. The third-order valence-electron chi connectivity index (χ3n) is 3.36. The van der Waals surface area contributed by atoms with E-state index in [0.717, 1.165) is 25.8 Å². The molecule has 3 heteroatoms. The van der Waals surface area contributed by atoms with E-state index in [4.69, 9.17) is 4.74 Å². The Morgan fingerprint density at radius 2 is 2.07 bits per heavy atom. The third-order valence-corrected chi connectivity index (χ3v) is 3.36. The van der Waals surface area contributed by atoms with Gasteiger partial charge in [-0.2, -0.15) is 0 Å². The van der Waals surface area contributed by atoms with Crippen LogP contribution in [0.25, 0.3) is 0 Å². The molecule has 3 nitrogen and oxygen atoms in total. The van der Waals surface area contributed by atoms with Crippen LogP contribution in [0.4, 0.5) is 0 Å². The van der Waals surface area contributed by atoms with Crippen molar-refractivity contribution in [2.45, 2.75) is 39.2 Å². The lowest BCUT2D eigenvalue weighted by molar-refractivity contribution is -0.160. The average Bonchev–Trinajstić information content (AvgIpc) is 2.09. The third kappa shape index (κ3) is 2.08. The molecule has 0 radical (unpaired) electrons. The van der Waals surface area contributed by atoms with Crippen LogP contribution in [0.15, 0.2) is 0 Å². The second-order valence-corrected chi connectivity index (χ2v) is 4.63. The monoisotopic (exact) mass is 199 g/mol. The number of rotatable bonds is 4. The van der Waals surface area contributed by atoms with Gasteiger partial charge in [0.25, 0.3) is 0 Å². The van der Waals surface area contributed by atoms with E-state index in [9.17, 15) is 4.79 Å². The molecule has 1 fully saturated rings. The van der Waals surface area contributed by atoms with E-state index >= 15 is 0 Å². The van der Waals surface area contributed by atoms with Crippen molar-refractivity contribution in [1.29, 1.82) is 0 Å². The molecule has 0 amide bonds. The smallest absolute Gasteiger partial charge is 0.313 e.